The predicted octanol–water partition coefficient (Wildman–Crippen LogP) is 3.00. The zero-order chi connectivity index (χ0) is 17.9. The van der Waals surface area contributed by atoms with Crippen LogP contribution in [0.1, 0.15) is 42.0 Å². The van der Waals surface area contributed by atoms with E-state index in [4.69, 9.17) is 9.26 Å². The molecule has 134 valence electrons. The Labute approximate surface area is 151 Å². The molecule has 0 amide bonds. The lowest BCUT2D eigenvalue weighted by Gasteiger charge is -2.07. The van der Waals surface area contributed by atoms with Crippen LogP contribution in [0.3, 0.4) is 0 Å². The van der Waals surface area contributed by atoms with Crippen molar-refractivity contribution in [2.75, 3.05) is 11.9 Å². The second-order valence-corrected chi connectivity index (χ2v) is 6.26. The van der Waals surface area contributed by atoms with E-state index in [-0.39, 0.29) is 6.10 Å². The molecule has 0 spiro atoms. The molecule has 1 aliphatic heterocycles. The number of aromatic nitrogens is 5. The van der Waals surface area contributed by atoms with Crippen LogP contribution < -0.4 is 5.32 Å². The molecule has 26 heavy (non-hydrogen) atoms. The first-order valence-corrected chi connectivity index (χ1v) is 8.64. The molecule has 3 aromatic heterocycles. The van der Waals surface area contributed by atoms with Crippen LogP contribution >= 0.6 is 0 Å². The first-order chi connectivity index (χ1) is 12.7. The highest BCUT2D eigenvalue weighted by atomic mass is 16.5. The van der Waals surface area contributed by atoms with Crippen LogP contribution in [-0.2, 0) is 11.3 Å². The van der Waals surface area contributed by atoms with Crippen molar-refractivity contribution in [2.24, 2.45) is 0 Å². The van der Waals surface area contributed by atoms with Crippen LogP contribution in [0.25, 0.3) is 11.3 Å². The Morgan fingerprint density at radius 2 is 2.08 bits per heavy atom. The second kappa shape index (κ2) is 7.17. The number of rotatable bonds is 5. The Kier molecular flexibility index (Phi) is 4.57. The zero-order valence-corrected chi connectivity index (χ0v) is 14.8. The van der Waals surface area contributed by atoms with Gasteiger partial charge in [-0.25, -0.2) is 9.97 Å². The third-order valence-electron chi connectivity index (χ3n) is 4.25. The topological polar surface area (TPSA) is 98.9 Å². The van der Waals surface area contributed by atoms with Crippen LogP contribution in [0.4, 0.5) is 5.95 Å². The zero-order valence-electron chi connectivity index (χ0n) is 14.8. The molecule has 1 saturated heterocycles. The van der Waals surface area contributed by atoms with Crippen molar-refractivity contribution in [2.45, 2.75) is 39.3 Å². The Morgan fingerprint density at radius 3 is 2.88 bits per heavy atom. The molecular formula is C18H20N6O2. The lowest BCUT2D eigenvalue weighted by atomic mass is 10.1. The van der Waals surface area contributed by atoms with Gasteiger partial charge in [0.15, 0.2) is 5.82 Å². The molecule has 0 unspecified atom stereocenters. The van der Waals surface area contributed by atoms with Crippen molar-refractivity contribution in [1.29, 1.82) is 0 Å². The summed E-state index contributed by atoms with van der Waals surface area (Å²) in [5.74, 6) is 1.60. The van der Waals surface area contributed by atoms with E-state index in [1.807, 2.05) is 32.0 Å². The third-order valence-corrected chi connectivity index (χ3v) is 4.25. The molecule has 0 aliphatic carbocycles. The van der Waals surface area contributed by atoms with Gasteiger partial charge in [-0.3, -0.25) is 4.98 Å². The van der Waals surface area contributed by atoms with E-state index in [1.54, 1.807) is 6.20 Å². The summed E-state index contributed by atoms with van der Waals surface area (Å²) in [4.78, 5) is 17.7. The summed E-state index contributed by atoms with van der Waals surface area (Å²) in [5.41, 5.74) is 3.73. The number of nitrogens with zero attached hydrogens (tertiary/aromatic N) is 5. The average molecular weight is 352 g/mol. The minimum atomic E-state index is -0.0761. The molecule has 0 aromatic carbocycles. The molecule has 0 saturated carbocycles. The van der Waals surface area contributed by atoms with Gasteiger partial charge in [-0.1, -0.05) is 5.16 Å². The molecule has 0 bridgehead atoms. The van der Waals surface area contributed by atoms with Crippen LogP contribution in [0.2, 0.25) is 0 Å². The van der Waals surface area contributed by atoms with Gasteiger partial charge in [-0.2, -0.15) is 4.98 Å². The number of pyridine rings is 1. The van der Waals surface area contributed by atoms with Gasteiger partial charge in [0.2, 0.25) is 5.95 Å². The third kappa shape index (κ3) is 3.55. The van der Waals surface area contributed by atoms with Crippen molar-refractivity contribution in [3.63, 3.8) is 0 Å². The van der Waals surface area contributed by atoms with Gasteiger partial charge in [0.05, 0.1) is 12.2 Å². The summed E-state index contributed by atoms with van der Waals surface area (Å²) in [5, 5.41) is 7.12. The molecule has 8 heteroatoms. The van der Waals surface area contributed by atoms with Gasteiger partial charge in [-0.05, 0) is 44.9 Å². The van der Waals surface area contributed by atoms with Gasteiger partial charge >= 0.3 is 0 Å². The van der Waals surface area contributed by atoms with Gasteiger partial charge in [0.1, 0.15) is 6.10 Å². The Bertz CT molecular complexity index is 904. The maximum absolute atomic E-state index is 5.55. The quantitative estimate of drug-likeness (QED) is 0.748. The maximum Gasteiger partial charge on any atom is 0.255 e. The summed E-state index contributed by atoms with van der Waals surface area (Å²) in [6.07, 6.45) is 3.59. The van der Waals surface area contributed by atoms with E-state index >= 15 is 0 Å². The van der Waals surface area contributed by atoms with E-state index in [0.29, 0.717) is 24.2 Å². The van der Waals surface area contributed by atoms with Crippen molar-refractivity contribution in [1.82, 2.24) is 25.1 Å². The Balaban J connectivity index is 1.45. The number of hydrogen-bond acceptors (Lipinski definition) is 8. The standard InChI is InChI=1S/C18H20N6O2/c1-11-5-6-13(12(2)21-11)14-7-8-19-18(22-14)20-10-16-23-17(26-24-16)15-4-3-9-25-15/h5-8,15H,3-4,9-10H2,1-2H3,(H,19,20,22)/t15-/m0/s1. The minimum Gasteiger partial charge on any atom is -0.368 e. The van der Waals surface area contributed by atoms with Crippen LogP contribution in [0.5, 0.6) is 0 Å². The highest BCUT2D eigenvalue weighted by Gasteiger charge is 2.23. The van der Waals surface area contributed by atoms with Gasteiger partial charge < -0.3 is 14.6 Å². The number of hydrogen-bond donors (Lipinski definition) is 1. The molecule has 4 heterocycles. The largest absolute Gasteiger partial charge is 0.368 e. The highest BCUT2D eigenvalue weighted by molar-refractivity contribution is 5.62. The van der Waals surface area contributed by atoms with Crippen molar-refractivity contribution < 1.29 is 9.26 Å². The lowest BCUT2D eigenvalue weighted by molar-refractivity contribution is 0.0835. The normalized spacial score (nSPS) is 16.8. The monoisotopic (exact) mass is 352 g/mol. The number of aryl methyl sites for hydroxylation is 2. The Hall–Kier alpha value is -2.87. The molecule has 1 aliphatic rings. The van der Waals surface area contributed by atoms with Crippen molar-refractivity contribution in [3.8, 4) is 11.3 Å². The number of nitrogens with one attached hydrogen (secondary N) is 1. The Morgan fingerprint density at radius 1 is 1.15 bits per heavy atom. The molecular weight excluding hydrogens is 332 g/mol. The van der Waals surface area contributed by atoms with E-state index in [0.717, 1.165) is 42.1 Å². The summed E-state index contributed by atoms with van der Waals surface area (Å²) >= 11 is 0. The summed E-state index contributed by atoms with van der Waals surface area (Å²) in [6, 6.07) is 5.87. The molecule has 0 radical (unpaired) electrons. The fourth-order valence-electron chi connectivity index (χ4n) is 2.95. The molecule has 4 rings (SSSR count). The van der Waals surface area contributed by atoms with Crippen LogP contribution in [0, 0.1) is 13.8 Å². The minimum absolute atomic E-state index is 0.0761. The summed E-state index contributed by atoms with van der Waals surface area (Å²) in [7, 11) is 0. The smallest absolute Gasteiger partial charge is 0.255 e. The number of anilines is 1. The maximum atomic E-state index is 5.55. The predicted molar refractivity (Wildman–Crippen MR) is 94.3 cm³/mol. The van der Waals surface area contributed by atoms with Gasteiger partial charge in [0.25, 0.3) is 5.89 Å². The van der Waals surface area contributed by atoms with Crippen LogP contribution in [-0.4, -0.2) is 31.7 Å². The SMILES string of the molecule is Cc1ccc(-c2ccnc(NCc3noc([C@@H]4CCCO4)n3)n2)c(C)n1. The van der Waals surface area contributed by atoms with Crippen molar-refractivity contribution >= 4 is 5.95 Å². The first kappa shape index (κ1) is 16.6. The van der Waals surface area contributed by atoms with Crippen LogP contribution in [0.15, 0.2) is 28.9 Å². The summed E-state index contributed by atoms with van der Waals surface area (Å²) < 4.78 is 10.8. The molecule has 1 N–H and O–H groups in total. The highest BCUT2D eigenvalue weighted by Crippen LogP contribution is 2.27. The average Bonchev–Trinajstić information content (AvgIpc) is 3.32. The fraction of sp³-hybridized carbons (Fsp3) is 0.389. The molecule has 8 nitrogen and oxygen atoms in total. The second-order valence-electron chi connectivity index (χ2n) is 6.26. The van der Waals surface area contributed by atoms with E-state index in [2.05, 4.69) is 30.4 Å². The van der Waals surface area contributed by atoms with Crippen molar-refractivity contribution in [3.05, 3.63) is 47.5 Å². The molecule has 3 aromatic rings. The molecule has 1 atom stereocenters. The lowest BCUT2D eigenvalue weighted by Crippen LogP contribution is -2.06. The first-order valence-electron chi connectivity index (χ1n) is 8.64. The van der Waals surface area contributed by atoms with E-state index < -0.39 is 0 Å². The summed E-state index contributed by atoms with van der Waals surface area (Å²) in [6.45, 7) is 5.07. The van der Waals surface area contributed by atoms with Gasteiger partial charge in [-0.15, -0.1) is 0 Å². The molecule has 1 fully saturated rings. The van der Waals surface area contributed by atoms with E-state index in [1.165, 1.54) is 0 Å². The fourth-order valence-corrected chi connectivity index (χ4v) is 2.95. The van der Waals surface area contributed by atoms with E-state index in [9.17, 15) is 0 Å². The number of ether oxygens (including phenoxy) is 1. The van der Waals surface area contributed by atoms with Gasteiger partial charge in [0, 0.05) is 29.8 Å².